The Morgan fingerprint density at radius 2 is 2.10 bits per heavy atom. The van der Waals surface area contributed by atoms with Crippen molar-refractivity contribution in [2.45, 2.75) is 13.5 Å². The van der Waals surface area contributed by atoms with Crippen LogP contribution in [-0.2, 0) is 6.54 Å². The van der Waals surface area contributed by atoms with E-state index in [0.717, 1.165) is 11.3 Å². The van der Waals surface area contributed by atoms with Crippen molar-refractivity contribution in [1.82, 2.24) is 9.88 Å². The van der Waals surface area contributed by atoms with Crippen molar-refractivity contribution in [3.8, 4) is 0 Å². The summed E-state index contributed by atoms with van der Waals surface area (Å²) in [6.45, 7) is 2.69. The Labute approximate surface area is 124 Å². The number of benzene rings is 1. The zero-order chi connectivity index (χ0) is 15.4. The third-order valence-corrected chi connectivity index (χ3v) is 3.32. The van der Waals surface area contributed by atoms with Gasteiger partial charge in [0, 0.05) is 38.6 Å². The van der Waals surface area contributed by atoms with Crippen LogP contribution < -0.4 is 11.1 Å². The number of rotatable bonds is 4. The summed E-state index contributed by atoms with van der Waals surface area (Å²) in [4.78, 5) is 17.5. The molecule has 0 radical (unpaired) electrons. The molecule has 0 saturated heterocycles. The zero-order valence-corrected chi connectivity index (χ0v) is 12.6. The van der Waals surface area contributed by atoms with Crippen LogP contribution in [0.1, 0.15) is 21.5 Å². The topological polar surface area (TPSA) is 71.2 Å². The molecule has 0 fully saturated rings. The number of carbonyl (C=O) groups excluding carboxylic acids is 1. The smallest absolute Gasteiger partial charge is 0.253 e. The van der Waals surface area contributed by atoms with Gasteiger partial charge in [0.25, 0.3) is 5.91 Å². The van der Waals surface area contributed by atoms with Crippen LogP contribution in [0.3, 0.4) is 0 Å². The van der Waals surface area contributed by atoms with Crippen molar-refractivity contribution in [2.24, 2.45) is 0 Å². The maximum Gasteiger partial charge on any atom is 0.253 e. The molecular weight excluding hydrogens is 264 g/mol. The van der Waals surface area contributed by atoms with E-state index in [1.54, 1.807) is 32.4 Å². The van der Waals surface area contributed by atoms with E-state index in [9.17, 15) is 4.79 Å². The highest BCUT2D eigenvalue weighted by molar-refractivity contribution is 5.95. The lowest BCUT2D eigenvalue weighted by Gasteiger charge is -2.14. The molecule has 1 aromatic heterocycles. The number of nitrogens with one attached hydrogen (secondary N) is 1. The second kappa shape index (κ2) is 6.26. The van der Waals surface area contributed by atoms with Crippen LogP contribution in [0.2, 0.25) is 0 Å². The molecule has 0 spiro atoms. The zero-order valence-electron chi connectivity index (χ0n) is 12.6. The first-order valence-corrected chi connectivity index (χ1v) is 6.73. The molecular formula is C16H20N4O. The number of carbonyl (C=O) groups is 1. The van der Waals surface area contributed by atoms with Crippen molar-refractivity contribution in [3.05, 3.63) is 53.3 Å². The Bertz CT molecular complexity index is 652. The highest BCUT2D eigenvalue weighted by atomic mass is 16.2. The van der Waals surface area contributed by atoms with Crippen LogP contribution in [0.4, 0.5) is 11.4 Å². The summed E-state index contributed by atoms with van der Waals surface area (Å²) in [5, 5.41) is 3.28. The quantitative estimate of drug-likeness (QED) is 0.845. The van der Waals surface area contributed by atoms with Gasteiger partial charge in [0.2, 0.25) is 0 Å². The van der Waals surface area contributed by atoms with E-state index >= 15 is 0 Å². The summed E-state index contributed by atoms with van der Waals surface area (Å²) in [7, 11) is 3.44. The average Bonchev–Trinajstić information content (AvgIpc) is 2.46. The van der Waals surface area contributed by atoms with Crippen LogP contribution in [0, 0.1) is 6.92 Å². The van der Waals surface area contributed by atoms with Gasteiger partial charge in [-0.1, -0.05) is 0 Å². The largest absolute Gasteiger partial charge is 0.397 e. The van der Waals surface area contributed by atoms with E-state index in [-0.39, 0.29) is 5.91 Å². The monoisotopic (exact) mass is 284 g/mol. The lowest BCUT2D eigenvalue weighted by Crippen LogP contribution is -2.21. The minimum atomic E-state index is -0.0589. The lowest BCUT2D eigenvalue weighted by atomic mass is 10.1. The summed E-state index contributed by atoms with van der Waals surface area (Å²) in [6, 6.07) is 7.27. The number of aryl methyl sites for hydroxylation is 1. The Hall–Kier alpha value is -2.56. The van der Waals surface area contributed by atoms with Gasteiger partial charge in [0.15, 0.2) is 0 Å². The van der Waals surface area contributed by atoms with Gasteiger partial charge < -0.3 is 16.0 Å². The maximum absolute atomic E-state index is 11.9. The van der Waals surface area contributed by atoms with E-state index in [1.165, 1.54) is 10.5 Å². The molecule has 0 atom stereocenters. The molecule has 0 aliphatic carbocycles. The van der Waals surface area contributed by atoms with Crippen LogP contribution in [0.5, 0.6) is 0 Å². The van der Waals surface area contributed by atoms with Crippen molar-refractivity contribution in [2.75, 3.05) is 25.1 Å². The number of nitrogens with two attached hydrogens (primary N) is 1. The van der Waals surface area contributed by atoms with Gasteiger partial charge in [-0.2, -0.15) is 0 Å². The molecule has 0 aliphatic rings. The van der Waals surface area contributed by atoms with E-state index in [2.05, 4.69) is 10.3 Å². The van der Waals surface area contributed by atoms with E-state index in [4.69, 9.17) is 5.73 Å². The number of nitrogens with zero attached hydrogens (tertiary/aromatic N) is 2. The first-order valence-electron chi connectivity index (χ1n) is 6.73. The van der Waals surface area contributed by atoms with Crippen LogP contribution in [0.25, 0.3) is 0 Å². The number of aromatic nitrogens is 1. The molecule has 3 N–H and O–H groups in total. The van der Waals surface area contributed by atoms with E-state index in [0.29, 0.717) is 17.8 Å². The molecule has 1 heterocycles. The molecule has 0 bridgehead atoms. The lowest BCUT2D eigenvalue weighted by molar-refractivity contribution is 0.0827. The third kappa shape index (κ3) is 3.51. The summed E-state index contributed by atoms with van der Waals surface area (Å²) < 4.78 is 0. The van der Waals surface area contributed by atoms with Gasteiger partial charge in [-0.15, -0.1) is 0 Å². The number of anilines is 2. The first kappa shape index (κ1) is 14.8. The fourth-order valence-corrected chi connectivity index (χ4v) is 1.99. The van der Waals surface area contributed by atoms with Gasteiger partial charge >= 0.3 is 0 Å². The molecule has 2 aromatic rings. The minimum Gasteiger partial charge on any atom is -0.397 e. The average molecular weight is 284 g/mol. The summed E-state index contributed by atoms with van der Waals surface area (Å²) in [6.07, 6.45) is 3.61. The minimum absolute atomic E-state index is 0.0589. The molecule has 5 nitrogen and oxygen atoms in total. The van der Waals surface area contributed by atoms with Crippen LogP contribution >= 0.6 is 0 Å². The maximum atomic E-state index is 11.9. The number of hydrogen-bond donors (Lipinski definition) is 2. The van der Waals surface area contributed by atoms with Crippen LogP contribution in [0.15, 0.2) is 36.7 Å². The van der Waals surface area contributed by atoms with Gasteiger partial charge in [-0.25, -0.2) is 0 Å². The fourth-order valence-electron chi connectivity index (χ4n) is 1.99. The second-order valence-electron chi connectivity index (χ2n) is 5.16. The van der Waals surface area contributed by atoms with Crippen molar-refractivity contribution in [1.29, 1.82) is 0 Å². The normalized spacial score (nSPS) is 10.2. The predicted molar refractivity (Wildman–Crippen MR) is 85.2 cm³/mol. The van der Waals surface area contributed by atoms with Gasteiger partial charge in [-0.05, 0) is 42.3 Å². The molecule has 110 valence electrons. The second-order valence-corrected chi connectivity index (χ2v) is 5.16. The summed E-state index contributed by atoms with van der Waals surface area (Å²) >= 11 is 0. The summed E-state index contributed by atoms with van der Waals surface area (Å²) in [5.74, 6) is -0.0589. The van der Waals surface area contributed by atoms with Crippen molar-refractivity contribution in [3.63, 3.8) is 0 Å². The molecule has 2 rings (SSSR count). The molecule has 0 unspecified atom stereocenters. The Balaban J connectivity index is 2.12. The van der Waals surface area contributed by atoms with E-state index in [1.807, 2.05) is 25.3 Å². The molecule has 0 saturated carbocycles. The van der Waals surface area contributed by atoms with Crippen LogP contribution in [-0.4, -0.2) is 29.9 Å². The van der Waals surface area contributed by atoms with Crippen molar-refractivity contribution >= 4 is 17.3 Å². The third-order valence-electron chi connectivity index (χ3n) is 3.32. The SMILES string of the molecule is Cc1ccncc1CNc1ccc(C(=O)N(C)C)cc1N. The molecule has 21 heavy (non-hydrogen) atoms. The summed E-state index contributed by atoms with van der Waals surface area (Å²) in [5.41, 5.74) is 10.3. The molecule has 0 aliphatic heterocycles. The van der Waals surface area contributed by atoms with Gasteiger partial charge in [-0.3, -0.25) is 9.78 Å². The van der Waals surface area contributed by atoms with Gasteiger partial charge in [0.05, 0.1) is 11.4 Å². The predicted octanol–water partition coefficient (Wildman–Crippen LogP) is 2.29. The first-order chi connectivity index (χ1) is 9.99. The Morgan fingerprint density at radius 3 is 2.71 bits per heavy atom. The number of hydrogen-bond acceptors (Lipinski definition) is 4. The highest BCUT2D eigenvalue weighted by Crippen LogP contribution is 2.21. The fraction of sp³-hybridized carbons (Fsp3) is 0.250. The van der Waals surface area contributed by atoms with E-state index < -0.39 is 0 Å². The Morgan fingerprint density at radius 1 is 1.33 bits per heavy atom. The standard InChI is InChI=1S/C16H20N4O/c1-11-6-7-18-9-13(11)10-19-15-5-4-12(8-14(15)17)16(21)20(2)3/h4-9,19H,10,17H2,1-3H3. The number of pyridine rings is 1. The highest BCUT2D eigenvalue weighted by Gasteiger charge is 2.10. The number of nitrogen functional groups attached to an aromatic ring is 1. The Kier molecular flexibility index (Phi) is 4.42. The number of amides is 1. The molecule has 1 aromatic carbocycles. The van der Waals surface area contributed by atoms with Gasteiger partial charge in [0.1, 0.15) is 0 Å². The molecule has 1 amide bonds. The molecule has 5 heteroatoms. The van der Waals surface area contributed by atoms with Crippen molar-refractivity contribution < 1.29 is 4.79 Å².